The number of rotatable bonds is 6. The average molecular weight is 516 g/mol. The lowest BCUT2D eigenvalue weighted by molar-refractivity contribution is -0.109. The maximum Gasteiger partial charge on any atom is 0.211 e. The third kappa shape index (κ3) is 9.57. The van der Waals surface area contributed by atoms with Crippen LogP contribution in [0.25, 0.3) is 0 Å². The third-order valence-corrected chi connectivity index (χ3v) is 5.17. The second-order valence-electron chi connectivity index (χ2n) is 9.31. The number of nitrogens with one attached hydrogen (secondary N) is 3. The van der Waals surface area contributed by atoms with Crippen LogP contribution < -0.4 is 16.0 Å². The summed E-state index contributed by atoms with van der Waals surface area (Å²) in [7, 11) is 0. The Morgan fingerprint density at radius 1 is 1.00 bits per heavy atom. The van der Waals surface area contributed by atoms with Gasteiger partial charge in [0.05, 0.1) is 10.0 Å². The number of amides is 2. The van der Waals surface area contributed by atoms with E-state index in [-0.39, 0.29) is 21.9 Å². The molecule has 0 bridgehead atoms. The van der Waals surface area contributed by atoms with E-state index in [9.17, 15) is 18.4 Å². The molecule has 2 aromatic carbocycles. The molecule has 0 aliphatic carbocycles. The van der Waals surface area contributed by atoms with Crippen LogP contribution >= 0.6 is 23.2 Å². The van der Waals surface area contributed by atoms with Crippen molar-refractivity contribution in [2.45, 2.75) is 46.5 Å². The molecule has 5 nitrogen and oxygen atoms in total. The van der Waals surface area contributed by atoms with E-state index in [0.29, 0.717) is 48.1 Å². The topological polar surface area (TPSA) is 70.2 Å². The molecule has 1 saturated heterocycles. The van der Waals surface area contributed by atoms with Crippen LogP contribution in [0.1, 0.15) is 57.6 Å². The lowest BCUT2D eigenvalue weighted by atomic mass is 9.83. The molecule has 2 amide bonds. The highest BCUT2D eigenvalue weighted by Gasteiger charge is 2.34. The largest absolute Gasteiger partial charge is 0.359 e. The summed E-state index contributed by atoms with van der Waals surface area (Å²) >= 11 is 11.7. The van der Waals surface area contributed by atoms with E-state index < -0.39 is 11.6 Å². The minimum Gasteiger partial charge on any atom is -0.359 e. The van der Waals surface area contributed by atoms with Gasteiger partial charge in [-0.15, -0.1) is 0 Å². The van der Waals surface area contributed by atoms with Gasteiger partial charge in [-0.3, -0.25) is 9.59 Å². The Kier molecular flexibility index (Phi) is 12.5. The molecule has 0 radical (unpaired) electrons. The first kappa shape index (κ1) is 29.8. The molecule has 3 N–H and O–H groups in total. The van der Waals surface area contributed by atoms with Crippen molar-refractivity contribution in [1.82, 2.24) is 10.6 Å². The van der Waals surface area contributed by atoms with Crippen molar-refractivity contribution in [2.75, 3.05) is 25.0 Å². The van der Waals surface area contributed by atoms with E-state index in [1.54, 1.807) is 12.1 Å². The summed E-state index contributed by atoms with van der Waals surface area (Å²) in [5, 5.41) is 8.12. The standard InChI is InChI=1S/C17H14Cl2F2N2O.C5H12.C3H7NO/c18-13-3-1-2-9(17(13)21)11-6-22-7-12(11)10-4-15(20)14(19)5-16(10)23-8-24;1-5(2,3)4;1-2-4-3-5/h1-5,8,11-12,22H,6-7H2,(H,23,24);1-4H3;3H,2H2,1H3,(H,4,5)/t11-,12+;;/m1../s1. The molecule has 34 heavy (non-hydrogen) atoms. The van der Waals surface area contributed by atoms with E-state index >= 15 is 0 Å². The summed E-state index contributed by atoms with van der Waals surface area (Å²) in [6.07, 6.45) is 1.18. The fraction of sp³-hybridized carbons (Fsp3) is 0.440. The molecule has 188 valence electrons. The Labute approximate surface area is 210 Å². The smallest absolute Gasteiger partial charge is 0.211 e. The molecule has 1 heterocycles. The lowest BCUT2D eigenvalue weighted by Crippen LogP contribution is -2.13. The van der Waals surface area contributed by atoms with Crippen molar-refractivity contribution >= 4 is 41.7 Å². The first-order valence-electron chi connectivity index (χ1n) is 10.9. The van der Waals surface area contributed by atoms with Crippen LogP contribution in [0.15, 0.2) is 30.3 Å². The zero-order valence-electron chi connectivity index (χ0n) is 20.1. The Hall–Kier alpha value is -2.22. The predicted molar refractivity (Wildman–Crippen MR) is 136 cm³/mol. The van der Waals surface area contributed by atoms with Gasteiger partial charge in [0.15, 0.2) is 0 Å². The van der Waals surface area contributed by atoms with Crippen LogP contribution in [-0.4, -0.2) is 32.5 Å². The number of benzene rings is 2. The normalized spacial score (nSPS) is 17.0. The number of carbonyl (C=O) groups excluding carboxylic acids is 2. The molecule has 2 aromatic rings. The summed E-state index contributed by atoms with van der Waals surface area (Å²) in [4.78, 5) is 20.1. The molecule has 9 heteroatoms. The summed E-state index contributed by atoms with van der Waals surface area (Å²) in [5.74, 6) is -1.53. The van der Waals surface area contributed by atoms with Crippen molar-refractivity contribution < 1.29 is 18.4 Å². The quantitative estimate of drug-likeness (QED) is 0.406. The van der Waals surface area contributed by atoms with Crippen molar-refractivity contribution in [3.63, 3.8) is 0 Å². The first-order chi connectivity index (χ1) is 15.9. The number of hydrogen-bond donors (Lipinski definition) is 3. The highest BCUT2D eigenvalue weighted by Crippen LogP contribution is 2.42. The van der Waals surface area contributed by atoms with Crippen LogP contribution in [-0.2, 0) is 9.59 Å². The van der Waals surface area contributed by atoms with Gasteiger partial charge < -0.3 is 16.0 Å². The predicted octanol–water partition coefficient (Wildman–Crippen LogP) is 6.12. The zero-order chi connectivity index (χ0) is 25.9. The molecule has 1 aliphatic rings. The summed E-state index contributed by atoms with van der Waals surface area (Å²) in [5.41, 5.74) is 1.95. The second-order valence-corrected chi connectivity index (χ2v) is 10.1. The summed E-state index contributed by atoms with van der Waals surface area (Å²) in [6, 6.07) is 7.50. The minimum atomic E-state index is -0.583. The summed E-state index contributed by atoms with van der Waals surface area (Å²) < 4.78 is 28.4. The van der Waals surface area contributed by atoms with Gasteiger partial charge in [-0.25, -0.2) is 8.78 Å². The van der Waals surface area contributed by atoms with Crippen molar-refractivity contribution in [3.8, 4) is 0 Å². The van der Waals surface area contributed by atoms with Gasteiger partial charge >= 0.3 is 0 Å². The number of carbonyl (C=O) groups is 2. The zero-order valence-corrected chi connectivity index (χ0v) is 21.7. The van der Waals surface area contributed by atoms with Crippen molar-refractivity contribution in [1.29, 1.82) is 0 Å². The van der Waals surface area contributed by atoms with Crippen molar-refractivity contribution in [3.05, 3.63) is 63.1 Å². The van der Waals surface area contributed by atoms with Gasteiger partial charge in [-0.1, -0.05) is 63.0 Å². The van der Waals surface area contributed by atoms with Gasteiger partial charge in [0.1, 0.15) is 11.6 Å². The molecule has 0 saturated carbocycles. The van der Waals surface area contributed by atoms with Gasteiger partial charge in [0.2, 0.25) is 12.8 Å². The van der Waals surface area contributed by atoms with Crippen LogP contribution in [0.5, 0.6) is 0 Å². The Morgan fingerprint density at radius 2 is 1.59 bits per heavy atom. The maximum atomic E-state index is 14.4. The first-order valence-corrected chi connectivity index (χ1v) is 11.7. The molecular weight excluding hydrogens is 483 g/mol. The minimum absolute atomic E-state index is 0.0478. The Balaban J connectivity index is 0.000000489. The molecule has 2 atom stereocenters. The Bertz CT molecular complexity index is 946. The van der Waals surface area contributed by atoms with Crippen LogP contribution in [0.2, 0.25) is 10.0 Å². The number of hydrogen-bond acceptors (Lipinski definition) is 3. The molecule has 1 aliphatic heterocycles. The van der Waals surface area contributed by atoms with Crippen LogP contribution in [0, 0.1) is 17.0 Å². The Morgan fingerprint density at radius 3 is 2.09 bits per heavy atom. The molecule has 0 spiro atoms. The van der Waals surface area contributed by atoms with Gasteiger partial charge in [0, 0.05) is 37.2 Å². The SMILES string of the molecule is CC(C)(C)C.CCNC=O.O=CNc1cc(Cl)c(F)cc1[C@@H]1CNC[C@@H]1c1cccc(Cl)c1F. The second kappa shape index (κ2) is 14.2. The fourth-order valence-electron chi connectivity index (χ4n) is 3.28. The highest BCUT2D eigenvalue weighted by atomic mass is 35.5. The van der Waals surface area contributed by atoms with Crippen molar-refractivity contribution in [2.24, 2.45) is 5.41 Å². The highest BCUT2D eigenvalue weighted by molar-refractivity contribution is 6.31. The number of anilines is 1. The van der Waals surface area contributed by atoms with Gasteiger partial charge in [0.25, 0.3) is 0 Å². The number of halogens is 4. The molecular formula is C25H33Cl2F2N3O2. The van der Waals surface area contributed by atoms with Crippen LogP contribution in [0.4, 0.5) is 14.5 Å². The van der Waals surface area contributed by atoms with Gasteiger partial charge in [-0.2, -0.15) is 0 Å². The molecule has 0 aromatic heterocycles. The third-order valence-electron chi connectivity index (χ3n) is 4.59. The van der Waals surface area contributed by atoms with E-state index in [1.165, 1.54) is 18.2 Å². The molecule has 1 fully saturated rings. The molecule has 3 rings (SSSR count). The van der Waals surface area contributed by atoms with E-state index in [0.717, 1.165) is 6.54 Å². The maximum absolute atomic E-state index is 14.4. The fourth-order valence-corrected chi connectivity index (χ4v) is 3.63. The molecule has 0 unspecified atom stereocenters. The lowest BCUT2D eigenvalue weighted by Gasteiger charge is -2.23. The van der Waals surface area contributed by atoms with E-state index in [1.807, 2.05) is 6.92 Å². The summed E-state index contributed by atoms with van der Waals surface area (Å²) in [6.45, 7) is 12.4. The monoisotopic (exact) mass is 515 g/mol. The van der Waals surface area contributed by atoms with E-state index in [2.05, 4.69) is 43.6 Å². The van der Waals surface area contributed by atoms with Crippen LogP contribution in [0.3, 0.4) is 0 Å². The average Bonchev–Trinajstić information content (AvgIpc) is 3.22. The van der Waals surface area contributed by atoms with Gasteiger partial charge in [-0.05, 0) is 41.7 Å². The van der Waals surface area contributed by atoms with E-state index in [4.69, 9.17) is 23.2 Å².